The Morgan fingerprint density at radius 1 is 1.39 bits per heavy atom. The Hall–Kier alpha value is -1.18. The summed E-state index contributed by atoms with van der Waals surface area (Å²) in [4.78, 5) is 26.1. The molecule has 0 spiro atoms. The van der Waals surface area contributed by atoms with E-state index in [9.17, 15) is 9.59 Å². The van der Waals surface area contributed by atoms with E-state index in [-0.39, 0.29) is 35.1 Å². The molecule has 6 nitrogen and oxygen atoms in total. The van der Waals surface area contributed by atoms with Crippen molar-refractivity contribution in [2.24, 2.45) is 0 Å². The van der Waals surface area contributed by atoms with Crippen LogP contribution in [-0.4, -0.2) is 52.8 Å². The molecule has 0 saturated carbocycles. The predicted molar refractivity (Wildman–Crippen MR) is 92.0 cm³/mol. The molecule has 0 aromatic carbocycles. The zero-order chi connectivity index (χ0) is 17.2. The minimum Gasteiger partial charge on any atom is -0.373 e. The largest absolute Gasteiger partial charge is 0.373 e. The van der Waals surface area contributed by atoms with Crippen molar-refractivity contribution < 1.29 is 9.53 Å². The maximum absolute atomic E-state index is 12.2. The number of nitrogens with zero attached hydrogens (tertiary/aromatic N) is 2. The van der Waals surface area contributed by atoms with Crippen LogP contribution in [0.3, 0.4) is 0 Å². The van der Waals surface area contributed by atoms with Crippen LogP contribution in [0, 0.1) is 6.92 Å². The number of amides is 1. The Bertz CT molecular complexity index is 598. The molecular weight excluding hydrogens is 314 g/mol. The van der Waals surface area contributed by atoms with E-state index in [1.165, 1.54) is 4.57 Å². The molecule has 0 unspecified atom stereocenters. The van der Waals surface area contributed by atoms with E-state index < -0.39 is 0 Å². The molecule has 0 aliphatic carbocycles. The maximum Gasteiger partial charge on any atom is 0.307 e. The number of carbonyl (C=O) groups excluding carboxylic acids is 1. The summed E-state index contributed by atoms with van der Waals surface area (Å²) >= 11 is 1.13. The molecule has 1 aromatic rings. The number of thiazole rings is 1. The minimum atomic E-state index is -0.156. The van der Waals surface area contributed by atoms with Gasteiger partial charge in [-0.1, -0.05) is 11.3 Å². The Morgan fingerprint density at radius 3 is 2.52 bits per heavy atom. The number of hydrogen-bond donors (Lipinski definition) is 1. The fourth-order valence-corrected chi connectivity index (χ4v) is 3.63. The lowest BCUT2D eigenvalue weighted by Crippen LogP contribution is -2.58. The highest BCUT2D eigenvalue weighted by molar-refractivity contribution is 7.07. The first kappa shape index (κ1) is 18.2. The average molecular weight is 341 g/mol. The van der Waals surface area contributed by atoms with Gasteiger partial charge in [0.05, 0.1) is 12.2 Å². The Kier molecular flexibility index (Phi) is 5.65. The van der Waals surface area contributed by atoms with Gasteiger partial charge in [-0.2, -0.15) is 0 Å². The first-order valence-corrected chi connectivity index (χ1v) is 8.89. The first-order valence-electron chi connectivity index (χ1n) is 8.01. The molecule has 1 aromatic heterocycles. The molecule has 1 saturated heterocycles. The van der Waals surface area contributed by atoms with Gasteiger partial charge in [0.1, 0.15) is 6.54 Å². The summed E-state index contributed by atoms with van der Waals surface area (Å²) < 4.78 is 7.27. The van der Waals surface area contributed by atoms with Gasteiger partial charge in [0.15, 0.2) is 0 Å². The van der Waals surface area contributed by atoms with Gasteiger partial charge in [-0.3, -0.25) is 19.1 Å². The van der Waals surface area contributed by atoms with Crippen molar-refractivity contribution in [2.45, 2.75) is 58.9 Å². The lowest BCUT2D eigenvalue weighted by Gasteiger charge is -2.45. The Labute approximate surface area is 141 Å². The smallest absolute Gasteiger partial charge is 0.307 e. The summed E-state index contributed by atoms with van der Waals surface area (Å²) in [5.41, 5.74) is 0.668. The third-order valence-electron chi connectivity index (χ3n) is 4.27. The molecule has 7 heteroatoms. The predicted octanol–water partition coefficient (Wildman–Crippen LogP) is 1.22. The molecule has 1 aliphatic rings. The number of ether oxygens (including phenoxy) is 1. The topological polar surface area (TPSA) is 63.6 Å². The van der Waals surface area contributed by atoms with Gasteiger partial charge in [-0.05, 0) is 34.6 Å². The number of morpholine rings is 1. The number of rotatable bonds is 5. The second-order valence-electron chi connectivity index (χ2n) is 6.98. The van der Waals surface area contributed by atoms with Crippen molar-refractivity contribution in [1.29, 1.82) is 0 Å². The van der Waals surface area contributed by atoms with Crippen LogP contribution in [0.15, 0.2) is 10.2 Å². The summed E-state index contributed by atoms with van der Waals surface area (Å²) in [6.45, 7) is 12.6. The van der Waals surface area contributed by atoms with E-state index in [1.54, 1.807) is 5.38 Å². The molecule has 1 N–H and O–H groups in total. The number of hydrogen-bond acceptors (Lipinski definition) is 5. The van der Waals surface area contributed by atoms with E-state index in [4.69, 9.17) is 4.74 Å². The Morgan fingerprint density at radius 2 is 2.00 bits per heavy atom. The zero-order valence-corrected chi connectivity index (χ0v) is 15.4. The van der Waals surface area contributed by atoms with Crippen molar-refractivity contribution in [1.82, 2.24) is 14.8 Å². The fraction of sp³-hybridized carbons (Fsp3) is 0.750. The molecular formula is C16H27N3O3S. The quantitative estimate of drug-likeness (QED) is 0.875. The molecule has 0 radical (unpaired) electrons. The standard InChI is InChI=1S/C16H27N3O3S/c1-11-9-23-15(21)19(11)8-14(20)17-10-16(4,5)18-6-12(2)22-13(3)7-18/h9,12-13H,6-8,10H2,1-5H3,(H,17,20)/t12-,13-/m0/s1. The molecule has 1 aliphatic heterocycles. The highest BCUT2D eigenvalue weighted by atomic mass is 32.1. The molecule has 1 fully saturated rings. The van der Waals surface area contributed by atoms with Crippen LogP contribution < -0.4 is 10.2 Å². The monoisotopic (exact) mass is 341 g/mol. The SMILES string of the molecule is Cc1csc(=O)n1CC(=O)NCC(C)(C)N1C[C@H](C)O[C@@H](C)C1. The normalized spacial score (nSPS) is 23.0. The summed E-state index contributed by atoms with van der Waals surface area (Å²) in [5.74, 6) is -0.129. The van der Waals surface area contributed by atoms with E-state index in [0.29, 0.717) is 6.54 Å². The van der Waals surface area contributed by atoms with Crippen molar-refractivity contribution in [2.75, 3.05) is 19.6 Å². The van der Waals surface area contributed by atoms with E-state index in [0.717, 1.165) is 30.1 Å². The maximum atomic E-state index is 12.2. The van der Waals surface area contributed by atoms with Crippen LogP contribution in [-0.2, 0) is 16.1 Å². The third-order valence-corrected chi connectivity index (χ3v) is 5.15. The van der Waals surface area contributed by atoms with Gasteiger partial charge in [0.2, 0.25) is 5.91 Å². The highest BCUT2D eigenvalue weighted by Gasteiger charge is 2.33. The second-order valence-corrected chi connectivity index (χ2v) is 7.80. The van der Waals surface area contributed by atoms with Crippen LogP contribution in [0.25, 0.3) is 0 Å². The van der Waals surface area contributed by atoms with Crippen LogP contribution in [0.1, 0.15) is 33.4 Å². The Balaban J connectivity index is 1.91. The van der Waals surface area contributed by atoms with Crippen LogP contribution in [0.2, 0.25) is 0 Å². The molecule has 1 amide bonds. The van der Waals surface area contributed by atoms with E-state index in [2.05, 4.69) is 37.9 Å². The van der Waals surface area contributed by atoms with Gasteiger partial charge in [0.25, 0.3) is 0 Å². The molecule has 2 heterocycles. The van der Waals surface area contributed by atoms with Gasteiger partial charge in [-0.25, -0.2) is 0 Å². The number of aromatic nitrogens is 1. The lowest BCUT2D eigenvalue weighted by molar-refractivity contribution is -0.123. The van der Waals surface area contributed by atoms with E-state index in [1.807, 2.05) is 6.92 Å². The summed E-state index contributed by atoms with van der Waals surface area (Å²) in [6.07, 6.45) is 0.390. The van der Waals surface area contributed by atoms with Crippen LogP contribution in [0.5, 0.6) is 0 Å². The summed E-state index contributed by atoms with van der Waals surface area (Å²) in [7, 11) is 0. The van der Waals surface area contributed by atoms with Gasteiger partial charge >= 0.3 is 4.87 Å². The van der Waals surface area contributed by atoms with Gasteiger partial charge in [-0.15, -0.1) is 0 Å². The molecule has 130 valence electrons. The van der Waals surface area contributed by atoms with Crippen LogP contribution in [0.4, 0.5) is 0 Å². The van der Waals surface area contributed by atoms with Gasteiger partial charge in [0, 0.05) is 36.2 Å². The number of nitrogens with one attached hydrogen (secondary N) is 1. The highest BCUT2D eigenvalue weighted by Crippen LogP contribution is 2.20. The van der Waals surface area contributed by atoms with Gasteiger partial charge < -0.3 is 10.1 Å². The lowest BCUT2D eigenvalue weighted by atomic mass is 10.00. The second kappa shape index (κ2) is 7.15. The number of carbonyl (C=O) groups is 1. The zero-order valence-electron chi connectivity index (χ0n) is 14.6. The van der Waals surface area contributed by atoms with E-state index >= 15 is 0 Å². The molecule has 2 atom stereocenters. The molecule has 2 rings (SSSR count). The van der Waals surface area contributed by atoms with Crippen molar-refractivity contribution in [3.63, 3.8) is 0 Å². The minimum absolute atomic E-state index is 0.0835. The molecule has 0 bridgehead atoms. The average Bonchev–Trinajstić information content (AvgIpc) is 2.76. The third kappa shape index (κ3) is 4.65. The fourth-order valence-electron chi connectivity index (χ4n) is 2.89. The van der Waals surface area contributed by atoms with Crippen molar-refractivity contribution >= 4 is 17.2 Å². The van der Waals surface area contributed by atoms with Crippen molar-refractivity contribution in [3.05, 3.63) is 20.7 Å². The number of aryl methyl sites for hydroxylation is 1. The summed E-state index contributed by atoms with van der Waals surface area (Å²) in [5, 5.41) is 4.74. The summed E-state index contributed by atoms with van der Waals surface area (Å²) in [6, 6.07) is 0. The first-order chi connectivity index (χ1) is 10.7. The molecule has 23 heavy (non-hydrogen) atoms. The van der Waals surface area contributed by atoms with Crippen molar-refractivity contribution in [3.8, 4) is 0 Å². The van der Waals surface area contributed by atoms with Crippen LogP contribution >= 0.6 is 11.3 Å².